The summed E-state index contributed by atoms with van der Waals surface area (Å²) in [6.07, 6.45) is 4.13. The van der Waals surface area contributed by atoms with Gasteiger partial charge in [-0.05, 0) is 45.7 Å². The van der Waals surface area contributed by atoms with Crippen molar-refractivity contribution < 1.29 is 0 Å². The van der Waals surface area contributed by atoms with E-state index in [0.717, 1.165) is 38.8 Å². The van der Waals surface area contributed by atoms with E-state index in [1.54, 1.807) is 0 Å². The van der Waals surface area contributed by atoms with Gasteiger partial charge in [-0.2, -0.15) is 5.10 Å². The van der Waals surface area contributed by atoms with Gasteiger partial charge in [0.05, 0.1) is 17.4 Å². The van der Waals surface area contributed by atoms with Crippen LogP contribution in [-0.2, 0) is 13.0 Å². The SMILES string of the molecule is CC#CCCC(NCCC)c1cc(CC)nn1CC. The van der Waals surface area contributed by atoms with Crippen LogP contribution in [0.2, 0.25) is 0 Å². The number of rotatable bonds is 8. The van der Waals surface area contributed by atoms with Gasteiger partial charge in [0.2, 0.25) is 0 Å². The lowest BCUT2D eigenvalue weighted by molar-refractivity contribution is 0.460. The average Bonchev–Trinajstić information content (AvgIpc) is 2.86. The van der Waals surface area contributed by atoms with Crippen molar-refractivity contribution in [2.75, 3.05) is 6.54 Å². The Morgan fingerprint density at radius 3 is 2.74 bits per heavy atom. The third-order valence-corrected chi connectivity index (χ3v) is 3.26. The summed E-state index contributed by atoms with van der Waals surface area (Å²) in [5, 5.41) is 8.27. The lowest BCUT2D eigenvalue weighted by Crippen LogP contribution is -2.24. The number of hydrogen-bond acceptors (Lipinski definition) is 2. The van der Waals surface area contributed by atoms with Gasteiger partial charge in [-0.1, -0.05) is 13.8 Å². The Hall–Kier alpha value is -1.27. The molecule has 0 spiro atoms. The van der Waals surface area contributed by atoms with Crippen LogP contribution in [0.3, 0.4) is 0 Å². The number of nitrogens with one attached hydrogen (secondary N) is 1. The van der Waals surface area contributed by atoms with Gasteiger partial charge in [-0.15, -0.1) is 11.8 Å². The molecule has 106 valence electrons. The number of aryl methyl sites for hydroxylation is 2. The smallest absolute Gasteiger partial charge is 0.0625 e. The van der Waals surface area contributed by atoms with Gasteiger partial charge in [0.1, 0.15) is 0 Å². The molecule has 1 atom stereocenters. The first-order valence-electron chi connectivity index (χ1n) is 7.46. The maximum absolute atomic E-state index is 4.65. The molecule has 19 heavy (non-hydrogen) atoms. The van der Waals surface area contributed by atoms with Crippen LogP contribution >= 0.6 is 0 Å². The molecule has 0 aliphatic heterocycles. The number of aromatic nitrogens is 2. The standard InChI is InChI=1S/C16H27N3/c1-5-9-10-11-15(17-12-6-2)16-13-14(7-3)18-19(16)8-4/h13,15,17H,6-8,10-12H2,1-4H3. The predicted octanol–water partition coefficient (Wildman–Crippen LogP) is 3.31. The zero-order chi connectivity index (χ0) is 14.1. The molecule has 1 aromatic heterocycles. The van der Waals surface area contributed by atoms with Gasteiger partial charge < -0.3 is 5.32 Å². The van der Waals surface area contributed by atoms with Crippen molar-refractivity contribution >= 4 is 0 Å². The van der Waals surface area contributed by atoms with Crippen LogP contribution in [0.4, 0.5) is 0 Å². The van der Waals surface area contributed by atoms with Crippen molar-refractivity contribution in [3.05, 3.63) is 17.5 Å². The second kappa shape index (κ2) is 8.77. The van der Waals surface area contributed by atoms with Crippen molar-refractivity contribution in [3.8, 4) is 11.8 Å². The Morgan fingerprint density at radius 2 is 2.16 bits per heavy atom. The Morgan fingerprint density at radius 1 is 1.37 bits per heavy atom. The first kappa shape index (κ1) is 15.8. The fourth-order valence-electron chi connectivity index (χ4n) is 2.21. The maximum atomic E-state index is 4.65. The summed E-state index contributed by atoms with van der Waals surface area (Å²) < 4.78 is 2.13. The fraction of sp³-hybridized carbons (Fsp3) is 0.688. The summed E-state index contributed by atoms with van der Waals surface area (Å²) in [6.45, 7) is 10.4. The highest BCUT2D eigenvalue weighted by Crippen LogP contribution is 2.20. The predicted molar refractivity (Wildman–Crippen MR) is 81.0 cm³/mol. The molecule has 1 aromatic rings. The molecule has 0 fully saturated rings. The highest BCUT2D eigenvalue weighted by molar-refractivity contribution is 5.15. The third-order valence-electron chi connectivity index (χ3n) is 3.26. The van der Waals surface area contributed by atoms with Crippen LogP contribution in [-0.4, -0.2) is 16.3 Å². The number of nitrogens with zero attached hydrogens (tertiary/aromatic N) is 2. The lowest BCUT2D eigenvalue weighted by Gasteiger charge is -2.18. The van der Waals surface area contributed by atoms with Crippen LogP contribution in [0, 0.1) is 11.8 Å². The zero-order valence-corrected chi connectivity index (χ0v) is 12.8. The highest BCUT2D eigenvalue weighted by atomic mass is 15.3. The van der Waals surface area contributed by atoms with Crippen molar-refractivity contribution in [1.82, 2.24) is 15.1 Å². The van der Waals surface area contributed by atoms with Gasteiger partial charge in [0.25, 0.3) is 0 Å². The molecular weight excluding hydrogens is 234 g/mol. The molecule has 1 rings (SSSR count). The molecule has 0 aliphatic rings. The van der Waals surface area contributed by atoms with E-state index < -0.39 is 0 Å². The first-order chi connectivity index (χ1) is 9.26. The lowest BCUT2D eigenvalue weighted by atomic mass is 10.1. The van der Waals surface area contributed by atoms with Crippen molar-refractivity contribution in [3.63, 3.8) is 0 Å². The Balaban J connectivity index is 2.86. The van der Waals surface area contributed by atoms with Crippen molar-refractivity contribution in [1.29, 1.82) is 0 Å². The molecule has 0 radical (unpaired) electrons. The van der Waals surface area contributed by atoms with E-state index in [-0.39, 0.29) is 0 Å². The van der Waals surface area contributed by atoms with Gasteiger partial charge in [-0.25, -0.2) is 0 Å². The third kappa shape index (κ3) is 4.72. The van der Waals surface area contributed by atoms with E-state index in [2.05, 4.69) is 53.8 Å². The maximum Gasteiger partial charge on any atom is 0.0625 e. The zero-order valence-electron chi connectivity index (χ0n) is 12.8. The van der Waals surface area contributed by atoms with E-state index in [1.165, 1.54) is 11.4 Å². The van der Waals surface area contributed by atoms with Crippen LogP contribution in [0.1, 0.15) is 64.4 Å². The average molecular weight is 261 g/mol. The van der Waals surface area contributed by atoms with E-state index in [1.807, 2.05) is 6.92 Å². The molecule has 0 bridgehead atoms. The van der Waals surface area contributed by atoms with Crippen LogP contribution in [0.25, 0.3) is 0 Å². The summed E-state index contributed by atoms with van der Waals surface area (Å²) >= 11 is 0. The van der Waals surface area contributed by atoms with Crippen LogP contribution in [0.5, 0.6) is 0 Å². The molecule has 1 N–H and O–H groups in total. The largest absolute Gasteiger partial charge is 0.309 e. The minimum atomic E-state index is 0.369. The molecule has 1 heterocycles. The molecule has 0 aliphatic carbocycles. The van der Waals surface area contributed by atoms with Gasteiger partial charge in [-0.3, -0.25) is 4.68 Å². The second-order valence-electron chi connectivity index (χ2n) is 4.70. The second-order valence-corrected chi connectivity index (χ2v) is 4.70. The summed E-state index contributed by atoms with van der Waals surface area (Å²) in [6, 6.07) is 2.62. The van der Waals surface area contributed by atoms with Crippen molar-refractivity contribution in [2.45, 2.75) is 66.0 Å². The van der Waals surface area contributed by atoms with Gasteiger partial charge in [0, 0.05) is 13.0 Å². The van der Waals surface area contributed by atoms with Gasteiger partial charge in [0.15, 0.2) is 0 Å². The van der Waals surface area contributed by atoms with Crippen LogP contribution < -0.4 is 5.32 Å². The van der Waals surface area contributed by atoms with E-state index in [0.29, 0.717) is 6.04 Å². The Labute approximate surface area is 117 Å². The highest BCUT2D eigenvalue weighted by Gasteiger charge is 2.16. The number of hydrogen-bond donors (Lipinski definition) is 1. The summed E-state index contributed by atoms with van der Waals surface area (Å²) in [5.41, 5.74) is 2.49. The van der Waals surface area contributed by atoms with Gasteiger partial charge >= 0.3 is 0 Å². The quantitative estimate of drug-likeness (QED) is 0.728. The molecule has 0 saturated carbocycles. The summed E-state index contributed by atoms with van der Waals surface area (Å²) in [7, 11) is 0. The minimum absolute atomic E-state index is 0.369. The molecule has 0 amide bonds. The topological polar surface area (TPSA) is 29.9 Å². The van der Waals surface area contributed by atoms with E-state index in [4.69, 9.17) is 0 Å². The molecular formula is C16H27N3. The molecule has 0 saturated heterocycles. The Bertz CT molecular complexity index is 423. The minimum Gasteiger partial charge on any atom is -0.309 e. The van der Waals surface area contributed by atoms with Crippen molar-refractivity contribution in [2.24, 2.45) is 0 Å². The molecule has 0 aromatic carbocycles. The summed E-state index contributed by atoms with van der Waals surface area (Å²) in [4.78, 5) is 0. The molecule has 3 heteroatoms. The monoisotopic (exact) mass is 261 g/mol. The van der Waals surface area contributed by atoms with Crippen LogP contribution in [0.15, 0.2) is 6.07 Å². The van der Waals surface area contributed by atoms with E-state index in [9.17, 15) is 0 Å². The normalized spacial score (nSPS) is 12.0. The Kier molecular flexibility index (Phi) is 7.28. The first-order valence-corrected chi connectivity index (χ1v) is 7.46. The summed E-state index contributed by atoms with van der Waals surface area (Å²) in [5.74, 6) is 6.14. The molecule has 3 nitrogen and oxygen atoms in total. The fourth-order valence-corrected chi connectivity index (χ4v) is 2.21. The van der Waals surface area contributed by atoms with E-state index >= 15 is 0 Å². The molecule has 1 unspecified atom stereocenters.